The van der Waals surface area contributed by atoms with E-state index in [1.54, 1.807) is 6.07 Å². The predicted octanol–water partition coefficient (Wildman–Crippen LogP) is 3.04. The van der Waals surface area contributed by atoms with Crippen LogP contribution in [-0.4, -0.2) is 37.8 Å². The Morgan fingerprint density at radius 3 is 2.35 bits per heavy atom. The fourth-order valence-corrected chi connectivity index (χ4v) is 2.47. The van der Waals surface area contributed by atoms with Crippen LogP contribution in [0.2, 0.25) is 0 Å². The molecule has 0 aliphatic heterocycles. The summed E-state index contributed by atoms with van der Waals surface area (Å²) in [6, 6.07) is 8.27. The van der Waals surface area contributed by atoms with Gasteiger partial charge in [-0.25, -0.2) is 4.79 Å². The van der Waals surface area contributed by atoms with E-state index in [1.165, 1.54) is 26.4 Å². The van der Waals surface area contributed by atoms with Crippen LogP contribution in [0.3, 0.4) is 0 Å². The van der Waals surface area contributed by atoms with Gasteiger partial charge in [0.15, 0.2) is 18.1 Å². The van der Waals surface area contributed by atoms with Gasteiger partial charge >= 0.3 is 5.97 Å². The molecule has 2 rings (SSSR count). The molecule has 0 saturated carbocycles. The van der Waals surface area contributed by atoms with Gasteiger partial charge in [-0.05, 0) is 37.6 Å². The van der Waals surface area contributed by atoms with Crippen LogP contribution in [0.5, 0.6) is 17.2 Å². The fourth-order valence-electron chi connectivity index (χ4n) is 2.47. The SMILES string of the molecule is COc1cc(C(=O)O)cc(NC(=O)COc2ccc(C)cc2C)c1OC. The number of carbonyl (C=O) groups excluding carboxylic acids is 1. The minimum absolute atomic E-state index is 0.0340. The second kappa shape index (κ2) is 8.24. The number of carboxylic acids is 1. The van der Waals surface area contributed by atoms with Gasteiger partial charge in [0.05, 0.1) is 25.5 Å². The van der Waals surface area contributed by atoms with Gasteiger partial charge < -0.3 is 24.6 Å². The lowest BCUT2D eigenvalue weighted by Crippen LogP contribution is -2.21. The fraction of sp³-hybridized carbons (Fsp3) is 0.263. The summed E-state index contributed by atoms with van der Waals surface area (Å²) in [6.07, 6.45) is 0. The maximum atomic E-state index is 12.2. The molecule has 0 aliphatic carbocycles. The van der Waals surface area contributed by atoms with Crippen molar-refractivity contribution in [1.82, 2.24) is 0 Å². The van der Waals surface area contributed by atoms with Gasteiger partial charge in [0, 0.05) is 0 Å². The van der Waals surface area contributed by atoms with Crippen LogP contribution in [0, 0.1) is 13.8 Å². The largest absolute Gasteiger partial charge is 0.493 e. The first kappa shape index (κ1) is 19.1. The zero-order valence-electron chi connectivity index (χ0n) is 15.1. The Morgan fingerprint density at radius 2 is 1.77 bits per heavy atom. The molecule has 26 heavy (non-hydrogen) atoms. The van der Waals surface area contributed by atoms with Gasteiger partial charge in [-0.2, -0.15) is 0 Å². The highest BCUT2D eigenvalue weighted by atomic mass is 16.5. The van der Waals surface area contributed by atoms with Crippen molar-refractivity contribution in [2.24, 2.45) is 0 Å². The van der Waals surface area contributed by atoms with E-state index < -0.39 is 11.9 Å². The monoisotopic (exact) mass is 359 g/mol. The number of methoxy groups -OCH3 is 2. The quantitative estimate of drug-likeness (QED) is 0.789. The lowest BCUT2D eigenvalue weighted by Gasteiger charge is -2.15. The molecule has 0 spiro atoms. The third kappa shape index (κ3) is 4.44. The molecule has 7 nitrogen and oxygen atoms in total. The zero-order chi connectivity index (χ0) is 19.3. The minimum atomic E-state index is -1.15. The molecule has 2 N–H and O–H groups in total. The Hall–Kier alpha value is -3.22. The van der Waals surface area contributed by atoms with E-state index in [1.807, 2.05) is 26.0 Å². The minimum Gasteiger partial charge on any atom is -0.493 e. The Balaban J connectivity index is 2.17. The summed E-state index contributed by atoms with van der Waals surface area (Å²) < 4.78 is 15.9. The number of nitrogens with one attached hydrogen (secondary N) is 1. The van der Waals surface area contributed by atoms with Gasteiger partial charge in [-0.15, -0.1) is 0 Å². The van der Waals surface area contributed by atoms with Crippen molar-refractivity contribution in [2.45, 2.75) is 13.8 Å². The standard InChI is InChI=1S/C19H21NO6/c1-11-5-6-15(12(2)7-11)26-10-17(21)20-14-8-13(19(22)23)9-16(24-3)18(14)25-4/h5-9H,10H2,1-4H3,(H,20,21)(H,22,23). The second-order valence-electron chi connectivity index (χ2n) is 5.67. The number of carboxylic acid groups (broad SMARTS) is 1. The number of ether oxygens (including phenoxy) is 3. The molecule has 1 amide bonds. The maximum absolute atomic E-state index is 12.2. The number of rotatable bonds is 7. The lowest BCUT2D eigenvalue weighted by molar-refractivity contribution is -0.118. The average molecular weight is 359 g/mol. The average Bonchev–Trinajstić information content (AvgIpc) is 2.60. The summed E-state index contributed by atoms with van der Waals surface area (Å²) in [6.45, 7) is 3.63. The van der Waals surface area contributed by atoms with Crippen LogP contribution in [0.4, 0.5) is 5.69 Å². The Bertz CT molecular complexity index is 831. The second-order valence-corrected chi connectivity index (χ2v) is 5.67. The molecule has 138 valence electrons. The van der Waals surface area contributed by atoms with Crippen molar-refractivity contribution in [2.75, 3.05) is 26.1 Å². The van der Waals surface area contributed by atoms with Crippen LogP contribution in [0.15, 0.2) is 30.3 Å². The van der Waals surface area contributed by atoms with Crippen molar-refractivity contribution in [3.8, 4) is 17.2 Å². The molecule has 0 bridgehead atoms. The van der Waals surface area contributed by atoms with E-state index in [2.05, 4.69) is 5.32 Å². The van der Waals surface area contributed by atoms with E-state index in [-0.39, 0.29) is 29.4 Å². The van der Waals surface area contributed by atoms with Crippen LogP contribution < -0.4 is 19.5 Å². The summed E-state index contributed by atoms with van der Waals surface area (Å²) in [5.74, 6) is -0.550. The Labute approximate surface area is 151 Å². The summed E-state index contributed by atoms with van der Waals surface area (Å²) in [5.41, 5.74) is 2.18. The zero-order valence-corrected chi connectivity index (χ0v) is 15.1. The number of hydrogen-bond donors (Lipinski definition) is 2. The molecule has 0 radical (unpaired) electrons. The topological polar surface area (TPSA) is 94.1 Å². The van der Waals surface area contributed by atoms with E-state index >= 15 is 0 Å². The number of hydrogen-bond acceptors (Lipinski definition) is 5. The predicted molar refractivity (Wildman–Crippen MR) is 96.5 cm³/mol. The third-order valence-corrected chi connectivity index (χ3v) is 3.69. The first-order valence-electron chi connectivity index (χ1n) is 7.85. The van der Waals surface area contributed by atoms with Crippen molar-refractivity contribution in [3.05, 3.63) is 47.0 Å². The number of carbonyl (C=O) groups is 2. The van der Waals surface area contributed by atoms with Crippen LogP contribution in [0.1, 0.15) is 21.5 Å². The first-order valence-corrected chi connectivity index (χ1v) is 7.85. The first-order chi connectivity index (χ1) is 12.3. The maximum Gasteiger partial charge on any atom is 0.335 e. The van der Waals surface area contributed by atoms with Crippen molar-refractivity contribution in [3.63, 3.8) is 0 Å². The summed E-state index contributed by atoms with van der Waals surface area (Å²) >= 11 is 0. The summed E-state index contributed by atoms with van der Waals surface area (Å²) in [4.78, 5) is 23.5. The van der Waals surface area contributed by atoms with Crippen molar-refractivity contribution in [1.29, 1.82) is 0 Å². The van der Waals surface area contributed by atoms with Gasteiger partial charge in [-0.3, -0.25) is 4.79 Å². The van der Waals surface area contributed by atoms with Gasteiger partial charge in [0.1, 0.15) is 5.75 Å². The number of benzene rings is 2. The highest BCUT2D eigenvalue weighted by Gasteiger charge is 2.18. The molecule has 0 aromatic heterocycles. The van der Waals surface area contributed by atoms with Gasteiger partial charge in [0.25, 0.3) is 5.91 Å². The molecule has 7 heteroatoms. The molecule has 0 unspecified atom stereocenters. The molecule has 0 saturated heterocycles. The molecule has 0 aliphatic rings. The number of amides is 1. The lowest BCUT2D eigenvalue weighted by atomic mass is 10.1. The molecular formula is C19H21NO6. The van der Waals surface area contributed by atoms with E-state index in [9.17, 15) is 14.7 Å². The van der Waals surface area contributed by atoms with E-state index in [0.29, 0.717) is 5.75 Å². The molecule has 2 aromatic rings. The van der Waals surface area contributed by atoms with E-state index in [0.717, 1.165) is 11.1 Å². The van der Waals surface area contributed by atoms with Gasteiger partial charge in [-0.1, -0.05) is 17.7 Å². The van der Waals surface area contributed by atoms with Gasteiger partial charge in [0.2, 0.25) is 0 Å². The van der Waals surface area contributed by atoms with E-state index in [4.69, 9.17) is 14.2 Å². The van der Waals surface area contributed by atoms with Crippen LogP contribution in [-0.2, 0) is 4.79 Å². The third-order valence-electron chi connectivity index (χ3n) is 3.69. The molecule has 0 fully saturated rings. The summed E-state index contributed by atoms with van der Waals surface area (Å²) in [5, 5.41) is 11.8. The van der Waals surface area contributed by atoms with Crippen molar-refractivity contribution >= 4 is 17.6 Å². The number of aryl methyl sites for hydroxylation is 2. The normalized spacial score (nSPS) is 10.2. The molecule has 2 aromatic carbocycles. The van der Waals surface area contributed by atoms with Crippen molar-refractivity contribution < 1.29 is 28.9 Å². The van der Waals surface area contributed by atoms with Crippen LogP contribution >= 0.6 is 0 Å². The number of aromatic carboxylic acids is 1. The Kier molecular flexibility index (Phi) is 6.06. The Morgan fingerprint density at radius 1 is 1.04 bits per heavy atom. The van der Waals surface area contributed by atoms with Crippen LogP contribution in [0.25, 0.3) is 0 Å². The summed E-state index contributed by atoms with van der Waals surface area (Å²) in [7, 11) is 2.79. The highest BCUT2D eigenvalue weighted by molar-refractivity contribution is 5.97. The highest BCUT2D eigenvalue weighted by Crippen LogP contribution is 2.36. The molecular weight excluding hydrogens is 338 g/mol. The molecule has 0 heterocycles. The number of anilines is 1. The molecule has 0 atom stereocenters. The smallest absolute Gasteiger partial charge is 0.335 e.